The number of halogens is 2. The van der Waals surface area contributed by atoms with Gasteiger partial charge in [0.2, 0.25) is 5.78 Å². The van der Waals surface area contributed by atoms with Crippen molar-refractivity contribution < 1.29 is 18.7 Å². The summed E-state index contributed by atoms with van der Waals surface area (Å²) in [5.74, 6) is -0.0175. The highest BCUT2D eigenvalue weighted by Gasteiger charge is 2.16. The molecular formula is C18H21BrFNO3. The molecule has 2 aromatic rings. The lowest BCUT2D eigenvalue weighted by molar-refractivity contribution is 0.0920. The summed E-state index contributed by atoms with van der Waals surface area (Å²) in [6.07, 6.45) is 0.888. The van der Waals surface area contributed by atoms with E-state index in [1.54, 1.807) is 7.11 Å². The Balaban J connectivity index is 2.05. The van der Waals surface area contributed by atoms with Crippen molar-refractivity contribution in [2.24, 2.45) is 0 Å². The van der Waals surface area contributed by atoms with Crippen LogP contribution in [0.25, 0.3) is 0 Å². The summed E-state index contributed by atoms with van der Waals surface area (Å²) in [7, 11) is 1.68. The average molecular weight is 398 g/mol. The lowest BCUT2D eigenvalue weighted by atomic mass is 10.1. The summed E-state index contributed by atoms with van der Waals surface area (Å²) < 4.78 is 26.3. The molecule has 0 N–H and O–H groups in total. The van der Waals surface area contributed by atoms with Crippen LogP contribution in [0.2, 0.25) is 0 Å². The van der Waals surface area contributed by atoms with Crippen LogP contribution in [0.4, 0.5) is 4.39 Å². The van der Waals surface area contributed by atoms with Gasteiger partial charge >= 0.3 is 0 Å². The normalized spacial score (nSPS) is 10.9. The average Bonchev–Trinajstić information content (AvgIpc) is 2.82. The zero-order valence-electron chi connectivity index (χ0n) is 14.1. The standard InChI is InChI=1S/C18H21BrFNO3/c1-12-9-15(13(2)21(12)7-4-8-23-3)17(22)11-24-18-6-5-14(20)10-16(18)19/h5-6,9-10H,4,7-8,11H2,1-3H3. The number of hydrogen-bond acceptors (Lipinski definition) is 3. The van der Waals surface area contributed by atoms with Crippen molar-refractivity contribution in [3.05, 3.63) is 51.5 Å². The minimum Gasteiger partial charge on any atom is -0.484 e. The maximum absolute atomic E-state index is 13.1. The number of Topliss-reactive ketones (excluding diaryl/α,β-unsaturated/α-hetero) is 1. The van der Waals surface area contributed by atoms with E-state index >= 15 is 0 Å². The Morgan fingerprint density at radius 3 is 2.71 bits per heavy atom. The Bertz CT molecular complexity index is 727. The molecule has 0 spiro atoms. The molecule has 0 atom stereocenters. The first-order chi connectivity index (χ1) is 11.4. The van der Waals surface area contributed by atoms with E-state index in [0.717, 1.165) is 24.4 Å². The summed E-state index contributed by atoms with van der Waals surface area (Å²) in [6.45, 7) is 5.31. The van der Waals surface area contributed by atoms with Gasteiger partial charge in [-0.25, -0.2) is 4.39 Å². The van der Waals surface area contributed by atoms with Crippen LogP contribution >= 0.6 is 15.9 Å². The van der Waals surface area contributed by atoms with Crippen LogP contribution < -0.4 is 4.74 Å². The van der Waals surface area contributed by atoms with Crippen molar-refractivity contribution in [3.63, 3.8) is 0 Å². The monoisotopic (exact) mass is 397 g/mol. The summed E-state index contributed by atoms with van der Waals surface area (Å²) in [5.41, 5.74) is 2.62. The second kappa shape index (κ2) is 8.44. The Labute approximate surface area is 149 Å². The molecule has 0 saturated heterocycles. The van der Waals surface area contributed by atoms with Gasteiger partial charge in [0.25, 0.3) is 0 Å². The number of ether oxygens (including phenoxy) is 2. The highest BCUT2D eigenvalue weighted by molar-refractivity contribution is 9.10. The number of aromatic nitrogens is 1. The van der Waals surface area contributed by atoms with E-state index in [4.69, 9.17) is 9.47 Å². The molecule has 0 fully saturated rings. The van der Waals surface area contributed by atoms with Crippen LogP contribution in [0.15, 0.2) is 28.7 Å². The van der Waals surface area contributed by atoms with Gasteiger partial charge < -0.3 is 14.0 Å². The molecule has 4 nitrogen and oxygen atoms in total. The SMILES string of the molecule is COCCCn1c(C)cc(C(=O)COc2ccc(F)cc2Br)c1C. The number of aryl methyl sites for hydroxylation is 1. The predicted molar refractivity (Wildman–Crippen MR) is 94.3 cm³/mol. The molecule has 0 radical (unpaired) electrons. The number of rotatable bonds is 8. The van der Waals surface area contributed by atoms with Crippen LogP contribution in [0.3, 0.4) is 0 Å². The molecule has 6 heteroatoms. The van der Waals surface area contributed by atoms with Gasteiger partial charge in [0.05, 0.1) is 4.47 Å². The molecule has 0 bridgehead atoms. The minimum atomic E-state index is -0.361. The van der Waals surface area contributed by atoms with Gasteiger partial charge in [0.1, 0.15) is 11.6 Å². The molecule has 24 heavy (non-hydrogen) atoms. The van der Waals surface area contributed by atoms with Crippen LogP contribution in [-0.2, 0) is 11.3 Å². The quantitative estimate of drug-likeness (QED) is 0.492. The number of benzene rings is 1. The fourth-order valence-electron chi connectivity index (χ4n) is 2.61. The van der Waals surface area contributed by atoms with Crippen LogP contribution in [-0.4, -0.2) is 30.7 Å². The third kappa shape index (κ3) is 4.45. The predicted octanol–water partition coefficient (Wildman–Crippen LogP) is 4.30. The number of carbonyl (C=O) groups excluding carboxylic acids is 1. The highest BCUT2D eigenvalue weighted by Crippen LogP contribution is 2.26. The lowest BCUT2D eigenvalue weighted by Gasteiger charge is -2.10. The third-order valence-corrected chi connectivity index (χ3v) is 4.48. The Hall–Kier alpha value is -1.66. The van der Waals surface area contributed by atoms with Crippen LogP contribution in [0, 0.1) is 19.7 Å². The molecule has 1 aromatic heterocycles. The number of hydrogen-bond donors (Lipinski definition) is 0. The fraction of sp³-hybridized carbons (Fsp3) is 0.389. The van der Waals surface area contributed by atoms with Crippen LogP contribution in [0.5, 0.6) is 5.75 Å². The van der Waals surface area contributed by atoms with E-state index in [1.165, 1.54) is 18.2 Å². The molecule has 2 rings (SSSR count). The summed E-state index contributed by atoms with van der Waals surface area (Å²) in [5, 5.41) is 0. The minimum absolute atomic E-state index is 0.0907. The van der Waals surface area contributed by atoms with Crippen molar-refractivity contribution in [2.45, 2.75) is 26.8 Å². The second-order valence-electron chi connectivity index (χ2n) is 5.57. The van der Waals surface area contributed by atoms with Gasteiger partial charge in [-0.15, -0.1) is 0 Å². The van der Waals surface area contributed by atoms with Crippen molar-refractivity contribution in [2.75, 3.05) is 20.3 Å². The van der Waals surface area contributed by atoms with Crippen molar-refractivity contribution in [3.8, 4) is 5.75 Å². The van der Waals surface area contributed by atoms with Gasteiger partial charge in [-0.1, -0.05) is 0 Å². The molecule has 0 aliphatic rings. The molecule has 1 heterocycles. The molecule has 0 saturated carbocycles. The van der Waals surface area contributed by atoms with Crippen molar-refractivity contribution >= 4 is 21.7 Å². The Morgan fingerprint density at radius 2 is 2.04 bits per heavy atom. The Kier molecular flexibility index (Phi) is 6.57. The van der Waals surface area contributed by atoms with Crippen LogP contribution in [0.1, 0.15) is 28.2 Å². The van der Waals surface area contributed by atoms with E-state index in [2.05, 4.69) is 20.5 Å². The maximum Gasteiger partial charge on any atom is 0.202 e. The topological polar surface area (TPSA) is 40.5 Å². The zero-order chi connectivity index (χ0) is 17.7. The molecule has 130 valence electrons. The first kappa shape index (κ1) is 18.7. The second-order valence-corrected chi connectivity index (χ2v) is 6.42. The van der Waals surface area contributed by atoms with E-state index in [0.29, 0.717) is 22.4 Å². The molecule has 0 aliphatic heterocycles. The molecule has 0 unspecified atom stereocenters. The fourth-order valence-corrected chi connectivity index (χ4v) is 3.07. The molecule has 0 amide bonds. The highest BCUT2D eigenvalue weighted by atomic mass is 79.9. The smallest absolute Gasteiger partial charge is 0.202 e. The first-order valence-corrected chi connectivity index (χ1v) is 8.50. The van der Waals surface area contributed by atoms with Gasteiger partial charge in [-0.05, 0) is 60.5 Å². The van der Waals surface area contributed by atoms with Gasteiger partial charge in [0, 0.05) is 37.2 Å². The van der Waals surface area contributed by atoms with Crippen molar-refractivity contribution in [1.29, 1.82) is 0 Å². The lowest BCUT2D eigenvalue weighted by Crippen LogP contribution is -2.13. The number of methoxy groups -OCH3 is 1. The number of carbonyl (C=O) groups is 1. The van der Waals surface area contributed by atoms with Gasteiger partial charge in [0.15, 0.2) is 6.61 Å². The van der Waals surface area contributed by atoms with E-state index in [-0.39, 0.29) is 18.2 Å². The third-order valence-electron chi connectivity index (χ3n) is 3.86. The molecule has 1 aromatic carbocycles. The van der Waals surface area contributed by atoms with Gasteiger partial charge in [-0.3, -0.25) is 4.79 Å². The zero-order valence-corrected chi connectivity index (χ0v) is 15.7. The maximum atomic E-state index is 13.1. The van der Waals surface area contributed by atoms with E-state index < -0.39 is 0 Å². The molecule has 0 aliphatic carbocycles. The largest absolute Gasteiger partial charge is 0.484 e. The first-order valence-electron chi connectivity index (χ1n) is 7.70. The van der Waals surface area contributed by atoms with E-state index in [1.807, 2.05) is 19.9 Å². The summed E-state index contributed by atoms with van der Waals surface area (Å²) in [4.78, 5) is 12.5. The van der Waals surface area contributed by atoms with E-state index in [9.17, 15) is 9.18 Å². The Morgan fingerprint density at radius 1 is 1.29 bits per heavy atom. The van der Waals surface area contributed by atoms with Gasteiger partial charge in [-0.2, -0.15) is 0 Å². The summed E-state index contributed by atoms with van der Waals surface area (Å²) >= 11 is 3.23. The van der Waals surface area contributed by atoms with Crippen molar-refractivity contribution in [1.82, 2.24) is 4.57 Å². The molecular weight excluding hydrogens is 377 g/mol. The number of ketones is 1. The number of nitrogens with zero attached hydrogens (tertiary/aromatic N) is 1. The summed E-state index contributed by atoms with van der Waals surface area (Å²) in [6, 6.07) is 5.99.